The number of rotatable bonds is 3. The molecule has 2 heterocycles. The van der Waals surface area contributed by atoms with Crippen LogP contribution in [-0.2, 0) is 0 Å². The standard InChI is InChI=1S/C20H14N2O2S/c23-14-6-3-5-13(11-14)21-20(24)16-12-18(19-9-4-10-25-19)22-17-8-2-1-7-15(16)17/h1-12,23H,(H,21,24). The number of hydrogen-bond donors (Lipinski definition) is 2. The lowest BCUT2D eigenvalue weighted by molar-refractivity contribution is 0.102. The van der Waals surface area contributed by atoms with Gasteiger partial charge in [-0.3, -0.25) is 4.79 Å². The molecule has 0 aliphatic carbocycles. The number of anilines is 1. The summed E-state index contributed by atoms with van der Waals surface area (Å²) in [6.45, 7) is 0. The predicted molar refractivity (Wildman–Crippen MR) is 101 cm³/mol. The lowest BCUT2D eigenvalue weighted by atomic mass is 10.1. The predicted octanol–water partition coefficient (Wildman–Crippen LogP) is 4.92. The summed E-state index contributed by atoms with van der Waals surface area (Å²) in [5, 5.41) is 15.2. The molecule has 5 heteroatoms. The Morgan fingerprint density at radius 2 is 1.88 bits per heavy atom. The second kappa shape index (κ2) is 6.37. The van der Waals surface area contributed by atoms with Gasteiger partial charge in [-0.05, 0) is 35.7 Å². The number of pyridine rings is 1. The molecule has 0 aliphatic rings. The van der Waals surface area contributed by atoms with Gasteiger partial charge in [0, 0.05) is 17.1 Å². The number of para-hydroxylation sites is 1. The fraction of sp³-hybridized carbons (Fsp3) is 0. The lowest BCUT2D eigenvalue weighted by Crippen LogP contribution is -2.13. The molecule has 2 aromatic carbocycles. The third kappa shape index (κ3) is 3.09. The molecule has 1 amide bonds. The first-order valence-corrected chi connectivity index (χ1v) is 8.63. The zero-order chi connectivity index (χ0) is 17.2. The van der Waals surface area contributed by atoms with Gasteiger partial charge in [0.1, 0.15) is 5.75 Å². The maximum Gasteiger partial charge on any atom is 0.256 e. The van der Waals surface area contributed by atoms with Crippen molar-refractivity contribution in [2.24, 2.45) is 0 Å². The highest BCUT2D eigenvalue weighted by atomic mass is 32.1. The van der Waals surface area contributed by atoms with E-state index in [0.717, 1.165) is 21.5 Å². The van der Waals surface area contributed by atoms with E-state index in [-0.39, 0.29) is 11.7 Å². The number of carbonyl (C=O) groups is 1. The number of nitrogens with one attached hydrogen (secondary N) is 1. The van der Waals surface area contributed by atoms with Gasteiger partial charge >= 0.3 is 0 Å². The van der Waals surface area contributed by atoms with Gasteiger partial charge in [0.2, 0.25) is 0 Å². The summed E-state index contributed by atoms with van der Waals surface area (Å²) in [4.78, 5) is 18.5. The fourth-order valence-corrected chi connectivity index (χ4v) is 3.38. The van der Waals surface area contributed by atoms with Gasteiger partial charge in [0.15, 0.2) is 0 Å². The second-order valence-electron chi connectivity index (χ2n) is 5.55. The minimum absolute atomic E-state index is 0.108. The van der Waals surface area contributed by atoms with Crippen molar-refractivity contribution in [2.45, 2.75) is 0 Å². The molecule has 0 unspecified atom stereocenters. The Kier molecular flexibility index (Phi) is 3.91. The van der Waals surface area contributed by atoms with Crippen molar-refractivity contribution in [3.63, 3.8) is 0 Å². The Morgan fingerprint density at radius 1 is 1.00 bits per heavy atom. The van der Waals surface area contributed by atoms with Gasteiger partial charge < -0.3 is 10.4 Å². The molecule has 2 aromatic heterocycles. The number of fused-ring (bicyclic) bond motifs is 1. The number of aromatic hydroxyl groups is 1. The smallest absolute Gasteiger partial charge is 0.256 e. The van der Waals surface area contributed by atoms with Crippen LogP contribution >= 0.6 is 11.3 Å². The first kappa shape index (κ1) is 15.4. The third-order valence-electron chi connectivity index (χ3n) is 3.84. The highest BCUT2D eigenvalue weighted by Gasteiger charge is 2.14. The number of phenolic OH excluding ortho intramolecular Hbond substituents is 1. The molecule has 0 bridgehead atoms. The average Bonchev–Trinajstić information content (AvgIpc) is 3.15. The summed E-state index contributed by atoms with van der Waals surface area (Å²) in [6, 6.07) is 19.8. The molecular weight excluding hydrogens is 332 g/mol. The van der Waals surface area contributed by atoms with E-state index in [9.17, 15) is 9.90 Å². The zero-order valence-electron chi connectivity index (χ0n) is 13.1. The minimum atomic E-state index is -0.234. The van der Waals surface area contributed by atoms with Crippen molar-refractivity contribution < 1.29 is 9.90 Å². The largest absolute Gasteiger partial charge is 0.508 e. The van der Waals surface area contributed by atoms with Crippen LogP contribution in [0.1, 0.15) is 10.4 Å². The van der Waals surface area contributed by atoms with Crippen LogP contribution in [0, 0.1) is 0 Å². The zero-order valence-corrected chi connectivity index (χ0v) is 14.0. The number of thiophene rings is 1. The summed E-state index contributed by atoms with van der Waals surface area (Å²) in [5.41, 5.74) is 2.64. The highest BCUT2D eigenvalue weighted by molar-refractivity contribution is 7.13. The lowest BCUT2D eigenvalue weighted by Gasteiger charge is -2.10. The molecule has 25 heavy (non-hydrogen) atoms. The van der Waals surface area contributed by atoms with Gasteiger partial charge in [-0.15, -0.1) is 11.3 Å². The molecule has 122 valence electrons. The van der Waals surface area contributed by atoms with E-state index in [1.165, 1.54) is 6.07 Å². The van der Waals surface area contributed by atoms with E-state index >= 15 is 0 Å². The van der Waals surface area contributed by atoms with E-state index in [1.54, 1.807) is 29.5 Å². The van der Waals surface area contributed by atoms with Crippen molar-refractivity contribution in [1.82, 2.24) is 4.98 Å². The second-order valence-corrected chi connectivity index (χ2v) is 6.50. The van der Waals surface area contributed by atoms with E-state index < -0.39 is 0 Å². The summed E-state index contributed by atoms with van der Waals surface area (Å²) in [6.07, 6.45) is 0. The Bertz CT molecular complexity index is 1060. The van der Waals surface area contributed by atoms with E-state index in [4.69, 9.17) is 0 Å². The van der Waals surface area contributed by atoms with Crippen LogP contribution in [0.4, 0.5) is 5.69 Å². The number of phenols is 1. The molecule has 4 aromatic rings. The Morgan fingerprint density at radius 3 is 2.68 bits per heavy atom. The molecule has 0 saturated heterocycles. The van der Waals surface area contributed by atoms with E-state index in [0.29, 0.717) is 11.3 Å². The average molecular weight is 346 g/mol. The number of carbonyl (C=O) groups excluding carboxylic acids is 1. The summed E-state index contributed by atoms with van der Waals surface area (Å²) in [5.74, 6) is -0.126. The van der Waals surface area contributed by atoms with Gasteiger partial charge in [0.25, 0.3) is 5.91 Å². The molecule has 4 nitrogen and oxygen atoms in total. The molecule has 0 atom stereocenters. The number of amides is 1. The van der Waals surface area contributed by atoms with Crippen LogP contribution < -0.4 is 5.32 Å². The van der Waals surface area contributed by atoms with Gasteiger partial charge in [-0.2, -0.15) is 0 Å². The number of hydrogen-bond acceptors (Lipinski definition) is 4. The molecule has 0 fully saturated rings. The normalized spacial score (nSPS) is 10.7. The first-order chi connectivity index (χ1) is 12.2. The molecule has 0 saturated carbocycles. The summed E-state index contributed by atoms with van der Waals surface area (Å²) >= 11 is 1.58. The molecule has 0 aliphatic heterocycles. The fourth-order valence-electron chi connectivity index (χ4n) is 2.70. The van der Waals surface area contributed by atoms with Crippen LogP contribution in [0.2, 0.25) is 0 Å². The Hall–Kier alpha value is -3.18. The highest BCUT2D eigenvalue weighted by Crippen LogP contribution is 2.28. The van der Waals surface area contributed by atoms with Crippen molar-refractivity contribution in [2.75, 3.05) is 5.32 Å². The third-order valence-corrected chi connectivity index (χ3v) is 4.73. The van der Waals surface area contributed by atoms with Gasteiger partial charge in [0.05, 0.1) is 21.7 Å². The van der Waals surface area contributed by atoms with Crippen LogP contribution in [0.25, 0.3) is 21.5 Å². The van der Waals surface area contributed by atoms with Crippen LogP contribution in [0.15, 0.2) is 72.1 Å². The molecule has 0 radical (unpaired) electrons. The molecule has 2 N–H and O–H groups in total. The number of benzene rings is 2. The number of nitrogens with zero attached hydrogens (tertiary/aromatic N) is 1. The van der Waals surface area contributed by atoms with Crippen LogP contribution in [0.5, 0.6) is 5.75 Å². The topological polar surface area (TPSA) is 62.2 Å². The van der Waals surface area contributed by atoms with E-state index in [2.05, 4.69) is 10.3 Å². The molecule has 0 spiro atoms. The monoisotopic (exact) mass is 346 g/mol. The van der Waals surface area contributed by atoms with Crippen LogP contribution in [0.3, 0.4) is 0 Å². The molecule has 4 rings (SSSR count). The van der Waals surface area contributed by atoms with Gasteiger partial charge in [-0.1, -0.05) is 30.3 Å². The van der Waals surface area contributed by atoms with Crippen molar-refractivity contribution in [1.29, 1.82) is 0 Å². The summed E-state index contributed by atoms with van der Waals surface area (Å²) < 4.78 is 0. The Labute approximate surface area is 148 Å². The minimum Gasteiger partial charge on any atom is -0.508 e. The van der Waals surface area contributed by atoms with Crippen LogP contribution in [-0.4, -0.2) is 16.0 Å². The Balaban J connectivity index is 1.80. The van der Waals surface area contributed by atoms with E-state index in [1.807, 2.05) is 47.8 Å². The quantitative estimate of drug-likeness (QED) is 0.553. The number of aromatic nitrogens is 1. The first-order valence-electron chi connectivity index (χ1n) is 7.75. The maximum absolute atomic E-state index is 12.8. The maximum atomic E-state index is 12.8. The van der Waals surface area contributed by atoms with Crippen molar-refractivity contribution >= 4 is 33.8 Å². The van der Waals surface area contributed by atoms with Crippen molar-refractivity contribution in [3.05, 3.63) is 77.7 Å². The molecular formula is C20H14N2O2S. The van der Waals surface area contributed by atoms with Crippen molar-refractivity contribution in [3.8, 4) is 16.3 Å². The van der Waals surface area contributed by atoms with Gasteiger partial charge in [-0.25, -0.2) is 4.98 Å². The SMILES string of the molecule is O=C(Nc1cccc(O)c1)c1cc(-c2cccs2)nc2ccccc12. The summed E-state index contributed by atoms with van der Waals surface area (Å²) in [7, 11) is 0.